The third-order valence-corrected chi connectivity index (χ3v) is 2.27. The van der Waals surface area contributed by atoms with Gasteiger partial charge >= 0.3 is 5.69 Å². The molecule has 1 amide bonds. The van der Waals surface area contributed by atoms with Crippen LogP contribution in [0.3, 0.4) is 0 Å². The first kappa shape index (κ1) is 12.4. The quantitative estimate of drug-likeness (QED) is 0.760. The van der Waals surface area contributed by atoms with Gasteiger partial charge < -0.3 is 10.3 Å². The van der Waals surface area contributed by atoms with Crippen molar-refractivity contribution in [3.63, 3.8) is 0 Å². The van der Waals surface area contributed by atoms with E-state index in [9.17, 15) is 9.59 Å². The number of hydrogen-bond acceptors (Lipinski definition) is 3. The predicted molar refractivity (Wildman–Crippen MR) is 61.3 cm³/mol. The number of hydrogen-bond donors (Lipinski definition) is 2. The zero-order chi connectivity index (χ0) is 12.3. The van der Waals surface area contributed by atoms with Crippen molar-refractivity contribution in [1.29, 1.82) is 0 Å². The summed E-state index contributed by atoms with van der Waals surface area (Å²) in [5, 5.41) is 2.55. The van der Waals surface area contributed by atoms with Crippen LogP contribution in [-0.2, 0) is 16.6 Å². The minimum Gasteiger partial charge on any atom is -0.359 e. The summed E-state index contributed by atoms with van der Waals surface area (Å²) in [6, 6.07) is 0. The molecule has 0 bridgehead atoms. The number of H-pyrrole nitrogens is 1. The standard InChI is InChI=1S/C11H17N3O2/c1-11(2,3)9-7(5-8(15)12-4)6-13-10(16)14-9/h6H,5H2,1-4H3,(H,12,15)(H,13,14,16). The molecule has 1 aromatic heterocycles. The van der Waals surface area contributed by atoms with E-state index >= 15 is 0 Å². The van der Waals surface area contributed by atoms with E-state index in [1.165, 1.54) is 6.20 Å². The van der Waals surface area contributed by atoms with Crippen LogP contribution in [0.2, 0.25) is 0 Å². The normalized spacial score (nSPS) is 11.2. The molecule has 5 nitrogen and oxygen atoms in total. The summed E-state index contributed by atoms with van der Waals surface area (Å²) in [5.41, 5.74) is 0.916. The van der Waals surface area contributed by atoms with Crippen molar-refractivity contribution in [3.8, 4) is 0 Å². The Balaban J connectivity index is 3.18. The van der Waals surface area contributed by atoms with Crippen LogP contribution < -0.4 is 11.0 Å². The van der Waals surface area contributed by atoms with Crippen molar-refractivity contribution in [1.82, 2.24) is 15.3 Å². The maximum Gasteiger partial charge on any atom is 0.345 e. The van der Waals surface area contributed by atoms with Crippen LogP contribution in [0.15, 0.2) is 11.0 Å². The third-order valence-electron chi connectivity index (χ3n) is 2.27. The van der Waals surface area contributed by atoms with Crippen molar-refractivity contribution in [2.45, 2.75) is 32.6 Å². The topological polar surface area (TPSA) is 74.8 Å². The van der Waals surface area contributed by atoms with Gasteiger partial charge in [-0.3, -0.25) is 4.79 Å². The molecule has 0 saturated carbocycles. The molecule has 0 unspecified atom stereocenters. The molecule has 0 aliphatic rings. The maximum atomic E-state index is 11.3. The largest absolute Gasteiger partial charge is 0.359 e. The molecule has 0 aliphatic carbocycles. The number of aromatic amines is 1. The minimum absolute atomic E-state index is 0.0978. The molecule has 0 spiro atoms. The van der Waals surface area contributed by atoms with E-state index in [1.54, 1.807) is 7.05 Å². The highest BCUT2D eigenvalue weighted by molar-refractivity contribution is 5.78. The van der Waals surface area contributed by atoms with Crippen molar-refractivity contribution in [2.75, 3.05) is 7.05 Å². The number of likely N-dealkylation sites (N-methyl/N-ethyl adjacent to an activating group) is 1. The second-order valence-corrected chi connectivity index (χ2v) is 4.69. The zero-order valence-electron chi connectivity index (χ0n) is 10.0. The molecule has 5 heteroatoms. The van der Waals surface area contributed by atoms with E-state index in [4.69, 9.17) is 0 Å². The molecule has 0 radical (unpaired) electrons. The lowest BCUT2D eigenvalue weighted by molar-refractivity contribution is -0.119. The Morgan fingerprint density at radius 1 is 1.50 bits per heavy atom. The second kappa shape index (κ2) is 4.47. The van der Waals surface area contributed by atoms with Gasteiger partial charge in [-0.05, 0) is 5.56 Å². The van der Waals surface area contributed by atoms with Gasteiger partial charge in [-0.2, -0.15) is 0 Å². The van der Waals surface area contributed by atoms with Crippen LogP contribution in [0.5, 0.6) is 0 Å². The fraction of sp³-hybridized carbons (Fsp3) is 0.545. The lowest BCUT2D eigenvalue weighted by atomic mass is 9.88. The Morgan fingerprint density at radius 3 is 2.62 bits per heavy atom. The summed E-state index contributed by atoms with van der Waals surface area (Å²) in [4.78, 5) is 28.8. The number of nitrogens with one attached hydrogen (secondary N) is 2. The van der Waals surface area contributed by atoms with Gasteiger partial charge in [0, 0.05) is 24.4 Å². The van der Waals surface area contributed by atoms with Crippen molar-refractivity contribution < 1.29 is 4.79 Å². The first-order chi connectivity index (χ1) is 7.34. The highest BCUT2D eigenvalue weighted by Crippen LogP contribution is 2.22. The maximum absolute atomic E-state index is 11.3. The molecule has 1 aromatic rings. The summed E-state index contributed by atoms with van der Waals surface area (Å²) in [6.45, 7) is 5.93. The SMILES string of the molecule is CNC(=O)Cc1cnc(=O)[nH]c1C(C)(C)C. The van der Waals surface area contributed by atoms with Crippen molar-refractivity contribution in [2.24, 2.45) is 0 Å². The fourth-order valence-electron chi connectivity index (χ4n) is 1.49. The number of amides is 1. The van der Waals surface area contributed by atoms with Crippen LogP contribution in [0, 0.1) is 0 Å². The molecule has 1 heterocycles. The molecule has 2 N–H and O–H groups in total. The lowest BCUT2D eigenvalue weighted by Gasteiger charge is -2.21. The highest BCUT2D eigenvalue weighted by atomic mass is 16.1. The van der Waals surface area contributed by atoms with Crippen LogP contribution in [-0.4, -0.2) is 22.9 Å². The lowest BCUT2D eigenvalue weighted by Crippen LogP contribution is -2.27. The molecule has 0 aromatic carbocycles. The van der Waals surface area contributed by atoms with E-state index in [1.807, 2.05) is 20.8 Å². The molecule has 0 atom stereocenters. The number of nitrogens with zero attached hydrogens (tertiary/aromatic N) is 1. The van der Waals surface area contributed by atoms with E-state index in [-0.39, 0.29) is 23.4 Å². The second-order valence-electron chi connectivity index (χ2n) is 4.69. The summed E-state index contributed by atoms with van der Waals surface area (Å²) in [6.07, 6.45) is 1.70. The predicted octanol–water partition coefficient (Wildman–Crippen LogP) is 0.356. The van der Waals surface area contributed by atoms with Crippen molar-refractivity contribution >= 4 is 5.91 Å². The smallest absolute Gasteiger partial charge is 0.345 e. The first-order valence-corrected chi connectivity index (χ1v) is 5.14. The molecule has 0 fully saturated rings. The zero-order valence-corrected chi connectivity index (χ0v) is 10.0. The van der Waals surface area contributed by atoms with E-state index in [0.29, 0.717) is 0 Å². The summed E-state index contributed by atoms with van der Waals surface area (Å²) in [5.74, 6) is -0.0978. The molecule has 1 rings (SSSR count). The van der Waals surface area contributed by atoms with E-state index < -0.39 is 0 Å². The van der Waals surface area contributed by atoms with Crippen LogP contribution >= 0.6 is 0 Å². The van der Waals surface area contributed by atoms with Gasteiger partial charge in [-0.25, -0.2) is 9.78 Å². The first-order valence-electron chi connectivity index (χ1n) is 5.14. The monoisotopic (exact) mass is 223 g/mol. The molecule has 88 valence electrons. The number of carbonyl (C=O) groups is 1. The van der Waals surface area contributed by atoms with E-state index in [2.05, 4.69) is 15.3 Å². The van der Waals surface area contributed by atoms with Crippen LogP contribution in [0.4, 0.5) is 0 Å². The molecule has 16 heavy (non-hydrogen) atoms. The minimum atomic E-state index is -0.384. The van der Waals surface area contributed by atoms with Gasteiger partial charge in [0.25, 0.3) is 0 Å². The fourth-order valence-corrected chi connectivity index (χ4v) is 1.49. The van der Waals surface area contributed by atoms with Crippen LogP contribution in [0.1, 0.15) is 32.0 Å². The summed E-state index contributed by atoms with van der Waals surface area (Å²) < 4.78 is 0. The molecule has 0 aliphatic heterocycles. The Labute approximate surface area is 94.3 Å². The Hall–Kier alpha value is -1.65. The third kappa shape index (κ3) is 2.92. The average molecular weight is 223 g/mol. The van der Waals surface area contributed by atoms with Crippen LogP contribution in [0.25, 0.3) is 0 Å². The Morgan fingerprint density at radius 2 is 2.12 bits per heavy atom. The highest BCUT2D eigenvalue weighted by Gasteiger charge is 2.20. The number of rotatable bonds is 2. The average Bonchev–Trinajstić information content (AvgIpc) is 2.19. The molecular formula is C11H17N3O2. The van der Waals surface area contributed by atoms with Gasteiger partial charge in [0.15, 0.2) is 0 Å². The van der Waals surface area contributed by atoms with Gasteiger partial charge in [0.05, 0.1) is 6.42 Å². The van der Waals surface area contributed by atoms with Gasteiger partial charge in [-0.15, -0.1) is 0 Å². The molecular weight excluding hydrogens is 206 g/mol. The molecule has 0 saturated heterocycles. The number of carbonyl (C=O) groups excluding carboxylic acids is 1. The van der Waals surface area contributed by atoms with Gasteiger partial charge in [-0.1, -0.05) is 20.8 Å². The van der Waals surface area contributed by atoms with Gasteiger partial charge in [0.1, 0.15) is 0 Å². The Kier molecular flexibility index (Phi) is 3.47. The Bertz CT molecular complexity index is 443. The van der Waals surface area contributed by atoms with Crippen molar-refractivity contribution in [3.05, 3.63) is 27.9 Å². The summed E-state index contributed by atoms with van der Waals surface area (Å²) >= 11 is 0. The van der Waals surface area contributed by atoms with Gasteiger partial charge in [0.2, 0.25) is 5.91 Å². The number of aromatic nitrogens is 2. The van der Waals surface area contributed by atoms with E-state index in [0.717, 1.165) is 11.3 Å². The summed E-state index contributed by atoms with van der Waals surface area (Å²) in [7, 11) is 1.58.